The van der Waals surface area contributed by atoms with Crippen LogP contribution in [0.25, 0.3) is 0 Å². The second-order valence-electron chi connectivity index (χ2n) is 7.89. The van der Waals surface area contributed by atoms with Crippen LogP contribution in [0.4, 0.5) is 22.0 Å². The zero-order chi connectivity index (χ0) is 24.5. The molecule has 174 valence electrons. The number of halogens is 5. The molecule has 0 fully saturated rings. The van der Waals surface area contributed by atoms with E-state index in [1.807, 2.05) is 25.1 Å². The molecule has 0 saturated heterocycles. The minimum absolute atomic E-state index is 0.0810. The number of aryl methyl sites for hydroxylation is 3. The van der Waals surface area contributed by atoms with Gasteiger partial charge in [0, 0.05) is 25.6 Å². The van der Waals surface area contributed by atoms with Crippen molar-refractivity contribution in [2.75, 3.05) is 0 Å². The first kappa shape index (κ1) is 27.3. The van der Waals surface area contributed by atoms with Crippen LogP contribution < -0.4 is 0 Å². The lowest BCUT2D eigenvalue weighted by Crippen LogP contribution is -2.09. The van der Waals surface area contributed by atoms with E-state index in [0.29, 0.717) is 0 Å². The van der Waals surface area contributed by atoms with Gasteiger partial charge in [0.25, 0.3) is 11.8 Å². The highest BCUT2D eigenvalue weighted by molar-refractivity contribution is 5.25. The molecule has 0 aliphatic carbocycles. The molecular formula is C26H30F5N. The third-order valence-corrected chi connectivity index (χ3v) is 4.39. The number of aromatic nitrogens is 1. The van der Waals surface area contributed by atoms with E-state index in [-0.39, 0.29) is 11.3 Å². The molecule has 1 atom stereocenters. The van der Waals surface area contributed by atoms with Gasteiger partial charge in [-0.3, -0.25) is 4.98 Å². The number of nitrogens with zero attached hydrogens (tertiary/aromatic N) is 1. The number of pyridine rings is 1. The highest BCUT2D eigenvalue weighted by atomic mass is 19.3. The fourth-order valence-corrected chi connectivity index (χ4v) is 2.61. The Balaban J connectivity index is 0.000000240. The molecular weight excluding hydrogens is 421 g/mol. The molecule has 2 aromatic carbocycles. The smallest absolute Gasteiger partial charge is 0.255 e. The molecule has 0 radical (unpaired) electrons. The van der Waals surface area contributed by atoms with Crippen molar-refractivity contribution in [1.29, 1.82) is 0 Å². The first-order valence-electron chi connectivity index (χ1n) is 10.2. The van der Waals surface area contributed by atoms with E-state index in [4.69, 9.17) is 0 Å². The van der Waals surface area contributed by atoms with Gasteiger partial charge in [0.05, 0.1) is 0 Å². The second-order valence-corrected chi connectivity index (χ2v) is 7.89. The Labute approximate surface area is 187 Å². The van der Waals surface area contributed by atoms with E-state index >= 15 is 0 Å². The summed E-state index contributed by atoms with van der Waals surface area (Å²) in [7, 11) is 0. The summed E-state index contributed by atoms with van der Waals surface area (Å²) in [5.74, 6) is -5.54. The topological polar surface area (TPSA) is 12.9 Å². The summed E-state index contributed by atoms with van der Waals surface area (Å²) in [5.41, 5.74) is 3.46. The van der Waals surface area contributed by atoms with E-state index < -0.39 is 18.0 Å². The Kier molecular flexibility index (Phi) is 10.0. The third kappa shape index (κ3) is 10.0. The molecule has 1 unspecified atom stereocenters. The lowest BCUT2D eigenvalue weighted by molar-refractivity contribution is 0.0126. The van der Waals surface area contributed by atoms with Crippen molar-refractivity contribution in [1.82, 2.24) is 4.98 Å². The van der Waals surface area contributed by atoms with Crippen molar-refractivity contribution in [2.24, 2.45) is 0 Å². The zero-order valence-electron chi connectivity index (χ0n) is 19.3. The first-order valence-corrected chi connectivity index (χ1v) is 10.2. The Morgan fingerprint density at radius 1 is 0.719 bits per heavy atom. The molecule has 32 heavy (non-hydrogen) atoms. The van der Waals surface area contributed by atoms with Gasteiger partial charge in [0.1, 0.15) is 11.9 Å². The Morgan fingerprint density at radius 3 is 1.59 bits per heavy atom. The van der Waals surface area contributed by atoms with Crippen molar-refractivity contribution in [3.05, 3.63) is 100 Å². The average molecular weight is 452 g/mol. The van der Waals surface area contributed by atoms with Crippen molar-refractivity contribution in [3.63, 3.8) is 0 Å². The van der Waals surface area contributed by atoms with Crippen LogP contribution in [0.15, 0.2) is 66.9 Å². The van der Waals surface area contributed by atoms with Crippen LogP contribution >= 0.6 is 0 Å². The average Bonchev–Trinajstić information content (AvgIpc) is 2.68. The van der Waals surface area contributed by atoms with Gasteiger partial charge in [-0.25, -0.2) is 13.2 Å². The lowest BCUT2D eigenvalue weighted by Gasteiger charge is -2.10. The maximum Gasteiger partial charge on any atom is 0.286 e. The van der Waals surface area contributed by atoms with Gasteiger partial charge < -0.3 is 0 Å². The summed E-state index contributed by atoms with van der Waals surface area (Å²) in [4.78, 5) is 3.56. The number of hydrogen-bond acceptors (Lipinski definition) is 1. The number of benzene rings is 2. The van der Waals surface area contributed by atoms with E-state index in [0.717, 1.165) is 36.1 Å². The van der Waals surface area contributed by atoms with Crippen molar-refractivity contribution in [2.45, 2.75) is 59.6 Å². The summed E-state index contributed by atoms with van der Waals surface area (Å²) in [6.07, 6.45) is 0.544. The highest BCUT2D eigenvalue weighted by Crippen LogP contribution is 2.27. The molecule has 6 heteroatoms. The summed E-state index contributed by atoms with van der Waals surface area (Å²) in [5, 5.41) is 0. The number of hydrogen-bond donors (Lipinski definition) is 0. The summed E-state index contributed by atoms with van der Waals surface area (Å²) in [6.45, 7) is 8.82. The van der Waals surface area contributed by atoms with Crippen LogP contribution in [-0.2, 0) is 11.8 Å². The summed E-state index contributed by atoms with van der Waals surface area (Å²) in [6, 6.07) is 17.0. The second kappa shape index (κ2) is 11.7. The van der Waals surface area contributed by atoms with Gasteiger partial charge in [-0.2, -0.15) is 8.78 Å². The van der Waals surface area contributed by atoms with Gasteiger partial charge in [-0.15, -0.1) is 0 Å². The van der Waals surface area contributed by atoms with Crippen LogP contribution in [0.1, 0.15) is 60.5 Å². The molecule has 0 saturated carbocycles. The lowest BCUT2D eigenvalue weighted by atomic mass is 10.1. The maximum atomic E-state index is 12.6. The standard InChI is InChI=1S/C9H10F2.C9H11F.C8H9F2N/c1-7-4-3-5-8(6-7)9(2,10)11;1-7-4-3-5-9(6-7)8(2)10;1-6-3-4-11-7(5-6)8(2,9)10/h3-6H,1-2H3;3-6,8H,1-2H3;3-5H,1-2H3. The van der Waals surface area contributed by atoms with E-state index in [2.05, 4.69) is 4.98 Å². The Morgan fingerprint density at radius 2 is 1.25 bits per heavy atom. The minimum atomic E-state index is -2.83. The van der Waals surface area contributed by atoms with Gasteiger partial charge in [-0.05, 0) is 51.0 Å². The van der Waals surface area contributed by atoms with Gasteiger partial charge in [0.15, 0.2) is 0 Å². The van der Waals surface area contributed by atoms with Crippen LogP contribution in [0.3, 0.4) is 0 Å². The van der Waals surface area contributed by atoms with Crippen molar-refractivity contribution in [3.8, 4) is 0 Å². The molecule has 0 spiro atoms. The molecule has 3 rings (SSSR count). The summed E-state index contributed by atoms with van der Waals surface area (Å²) >= 11 is 0. The molecule has 3 aromatic rings. The predicted octanol–water partition coefficient (Wildman–Crippen LogP) is 8.63. The van der Waals surface area contributed by atoms with Crippen molar-refractivity contribution < 1.29 is 22.0 Å². The largest absolute Gasteiger partial charge is 0.286 e. The molecule has 1 nitrogen and oxygen atoms in total. The minimum Gasteiger partial charge on any atom is -0.255 e. The Bertz CT molecular complexity index is 917. The third-order valence-electron chi connectivity index (χ3n) is 4.39. The van der Waals surface area contributed by atoms with Crippen LogP contribution in [0.5, 0.6) is 0 Å². The summed E-state index contributed by atoms with van der Waals surface area (Å²) < 4.78 is 63.0. The molecule has 0 amide bonds. The number of rotatable bonds is 3. The fourth-order valence-electron chi connectivity index (χ4n) is 2.61. The molecule has 0 bridgehead atoms. The monoisotopic (exact) mass is 451 g/mol. The van der Waals surface area contributed by atoms with Gasteiger partial charge in [-0.1, -0.05) is 59.7 Å². The maximum absolute atomic E-state index is 12.6. The zero-order valence-corrected chi connectivity index (χ0v) is 19.3. The van der Waals surface area contributed by atoms with Crippen LogP contribution in [0.2, 0.25) is 0 Å². The fraction of sp³-hybridized carbons (Fsp3) is 0.346. The molecule has 1 aromatic heterocycles. The van der Waals surface area contributed by atoms with Crippen LogP contribution in [0, 0.1) is 20.8 Å². The molecule has 1 heterocycles. The molecule has 0 aliphatic rings. The van der Waals surface area contributed by atoms with E-state index in [9.17, 15) is 22.0 Å². The predicted molar refractivity (Wildman–Crippen MR) is 120 cm³/mol. The van der Waals surface area contributed by atoms with E-state index in [1.165, 1.54) is 24.4 Å². The van der Waals surface area contributed by atoms with Crippen molar-refractivity contribution >= 4 is 0 Å². The Hall–Kier alpha value is -2.76. The van der Waals surface area contributed by atoms with Gasteiger partial charge in [0.2, 0.25) is 0 Å². The first-order chi connectivity index (χ1) is 14.7. The van der Waals surface area contributed by atoms with E-state index in [1.54, 1.807) is 45.0 Å². The molecule has 0 aliphatic heterocycles. The SMILES string of the molecule is Cc1cccc(C(C)(F)F)c1.Cc1cccc(C(C)F)c1.Cc1ccnc(C(C)(F)F)c1. The molecule has 0 N–H and O–H groups in total. The van der Waals surface area contributed by atoms with Crippen LogP contribution in [-0.4, -0.2) is 4.98 Å². The van der Waals surface area contributed by atoms with Gasteiger partial charge >= 0.3 is 0 Å². The quantitative estimate of drug-likeness (QED) is 0.363. The normalized spacial score (nSPS) is 12.1. The number of alkyl halides is 5. The highest BCUT2D eigenvalue weighted by Gasteiger charge is 2.25.